The highest BCUT2D eigenvalue weighted by atomic mass is 16.3. The number of para-hydroxylation sites is 2. The van der Waals surface area contributed by atoms with E-state index in [1.165, 1.54) is 0 Å². The number of nitrogens with one attached hydrogen (secondary N) is 1. The second kappa shape index (κ2) is 6.95. The number of hydrogen-bond acceptors (Lipinski definition) is 4. The van der Waals surface area contributed by atoms with Crippen molar-refractivity contribution in [1.82, 2.24) is 14.5 Å². The standard InChI is InChI=1S/C18H21N5O2/c1-13(24)23-9-7-22(8-10-23)12-17(25)14(11-19)18-20-15-5-3-4-6-16(15)21(18)2/h3-6,25H,7-10,12H2,1-2H3/p+1/b17-14-. The van der Waals surface area contributed by atoms with Gasteiger partial charge in [0, 0.05) is 14.0 Å². The summed E-state index contributed by atoms with van der Waals surface area (Å²) in [6.45, 7) is 4.79. The average molecular weight is 340 g/mol. The van der Waals surface area contributed by atoms with Crippen LogP contribution in [-0.4, -0.2) is 58.2 Å². The van der Waals surface area contributed by atoms with Gasteiger partial charge in [-0.05, 0) is 12.1 Å². The van der Waals surface area contributed by atoms with Gasteiger partial charge in [0.1, 0.15) is 18.2 Å². The lowest BCUT2D eigenvalue weighted by Gasteiger charge is -2.31. The molecule has 1 amide bonds. The highest BCUT2D eigenvalue weighted by Gasteiger charge is 2.24. The molecule has 0 saturated carbocycles. The zero-order chi connectivity index (χ0) is 18.0. The second-order valence-corrected chi connectivity index (χ2v) is 6.35. The van der Waals surface area contributed by atoms with E-state index < -0.39 is 0 Å². The van der Waals surface area contributed by atoms with Crippen molar-refractivity contribution in [2.24, 2.45) is 7.05 Å². The van der Waals surface area contributed by atoms with E-state index in [4.69, 9.17) is 0 Å². The molecular weight excluding hydrogens is 318 g/mol. The van der Waals surface area contributed by atoms with Crippen molar-refractivity contribution in [3.8, 4) is 6.07 Å². The third-order valence-electron chi connectivity index (χ3n) is 4.74. The molecule has 0 unspecified atom stereocenters. The van der Waals surface area contributed by atoms with Crippen LogP contribution in [-0.2, 0) is 11.8 Å². The first-order valence-electron chi connectivity index (χ1n) is 8.34. The minimum Gasteiger partial charge on any atom is -0.506 e. The van der Waals surface area contributed by atoms with Crippen LogP contribution in [0.15, 0.2) is 30.0 Å². The van der Waals surface area contributed by atoms with Crippen LogP contribution in [0.25, 0.3) is 16.6 Å². The number of fused-ring (bicyclic) bond motifs is 1. The first-order chi connectivity index (χ1) is 12.0. The molecule has 25 heavy (non-hydrogen) atoms. The van der Waals surface area contributed by atoms with Crippen LogP contribution < -0.4 is 4.90 Å². The largest absolute Gasteiger partial charge is 0.506 e. The molecule has 7 heteroatoms. The van der Waals surface area contributed by atoms with Gasteiger partial charge in [0.05, 0.1) is 37.2 Å². The summed E-state index contributed by atoms with van der Waals surface area (Å²) in [6.07, 6.45) is 0. The Labute approximate surface area is 146 Å². The molecule has 2 heterocycles. The van der Waals surface area contributed by atoms with Crippen molar-refractivity contribution < 1.29 is 14.8 Å². The van der Waals surface area contributed by atoms with Crippen LogP contribution in [0, 0.1) is 11.3 Å². The van der Waals surface area contributed by atoms with Crippen molar-refractivity contribution in [1.29, 1.82) is 5.26 Å². The van der Waals surface area contributed by atoms with Crippen molar-refractivity contribution in [2.75, 3.05) is 32.7 Å². The number of quaternary nitrogens is 1. The predicted molar refractivity (Wildman–Crippen MR) is 93.7 cm³/mol. The van der Waals surface area contributed by atoms with Gasteiger partial charge in [0.25, 0.3) is 0 Å². The summed E-state index contributed by atoms with van der Waals surface area (Å²) in [5.74, 6) is 0.603. The second-order valence-electron chi connectivity index (χ2n) is 6.35. The third kappa shape index (κ3) is 3.35. The molecule has 0 atom stereocenters. The highest BCUT2D eigenvalue weighted by Crippen LogP contribution is 2.21. The van der Waals surface area contributed by atoms with Gasteiger partial charge in [-0.1, -0.05) is 12.1 Å². The molecule has 1 aromatic carbocycles. The van der Waals surface area contributed by atoms with Gasteiger partial charge < -0.3 is 19.5 Å². The number of imidazole rings is 1. The summed E-state index contributed by atoms with van der Waals surface area (Å²) in [7, 11) is 1.84. The number of amides is 1. The van der Waals surface area contributed by atoms with Crippen molar-refractivity contribution in [3.63, 3.8) is 0 Å². The molecule has 3 rings (SSSR count). The van der Waals surface area contributed by atoms with Crippen molar-refractivity contribution in [3.05, 3.63) is 35.8 Å². The fraction of sp³-hybridized carbons (Fsp3) is 0.389. The zero-order valence-corrected chi connectivity index (χ0v) is 14.5. The van der Waals surface area contributed by atoms with E-state index in [0.717, 1.165) is 29.0 Å². The fourth-order valence-corrected chi connectivity index (χ4v) is 3.25. The van der Waals surface area contributed by atoms with E-state index in [9.17, 15) is 15.2 Å². The molecule has 1 aliphatic heterocycles. The number of rotatable bonds is 3. The van der Waals surface area contributed by atoms with Gasteiger partial charge in [0.15, 0.2) is 11.6 Å². The molecule has 0 radical (unpaired) electrons. The Balaban J connectivity index is 1.82. The molecule has 0 bridgehead atoms. The smallest absolute Gasteiger partial charge is 0.219 e. The van der Waals surface area contributed by atoms with E-state index >= 15 is 0 Å². The van der Waals surface area contributed by atoms with Gasteiger partial charge in [-0.15, -0.1) is 0 Å². The first kappa shape index (κ1) is 17.0. The summed E-state index contributed by atoms with van der Waals surface area (Å²) in [6, 6.07) is 9.74. The van der Waals surface area contributed by atoms with E-state index in [1.807, 2.05) is 35.9 Å². The number of aryl methyl sites for hydroxylation is 1. The van der Waals surface area contributed by atoms with E-state index in [2.05, 4.69) is 11.1 Å². The normalized spacial score (nSPS) is 16.6. The monoisotopic (exact) mass is 340 g/mol. The summed E-state index contributed by atoms with van der Waals surface area (Å²) in [4.78, 5) is 18.8. The molecular formula is C18H22N5O2+. The van der Waals surface area contributed by atoms with Gasteiger partial charge >= 0.3 is 0 Å². The summed E-state index contributed by atoms with van der Waals surface area (Å²) >= 11 is 0. The summed E-state index contributed by atoms with van der Waals surface area (Å²) in [5, 5.41) is 20.1. The van der Waals surface area contributed by atoms with Crippen molar-refractivity contribution >= 4 is 22.5 Å². The number of nitrogens with zero attached hydrogens (tertiary/aromatic N) is 4. The minimum absolute atomic E-state index is 0.0483. The molecule has 0 spiro atoms. The Morgan fingerprint density at radius 1 is 1.36 bits per heavy atom. The van der Waals surface area contributed by atoms with Crippen LogP contribution in [0.4, 0.5) is 0 Å². The van der Waals surface area contributed by atoms with Gasteiger partial charge in [-0.25, -0.2) is 4.98 Å². The van der Waals surface area contributed by atoms with E-state index in [-0.39, 0.29) is 17.2 Å². The van der Waals surface area contributed by atoms with Gasteiger partial charge in [-0.2, -0.15) is 5.26 Å². The maximum absolute atomic E-state index is 11.4. The SMILES string of the molecule is CC(=O)N1CC[NH+](C/C(O)=C(\C#N)c2nc3ccccc3n2C)CC1. The van der Waals surface area contributed by atoms with Crippen LogP contribution in [0.1, 0.15) is 12.7 Å². The maximum atomic E-state index is 11.4. The Morgan fingerprint density at radius 3 is 2.64 bits per heavy atom. The average Bonchev–Trinajstić information content (AvgIpc) is 2.93. The van der Waals surface area contributed by atoms with Crippen LogP contribution in [0.2, 0.25) is 0 Å². The molecule has 1 saturated heterocycles. The molecule has 2 aromatic rings. The summed E-state index contributed by atoms with van der Waals surface area (Å²) in [5.41, 5.74) is 1.92. The predicted octanol–water partition coefficient (Wildman–Crippen LogP) is 0.113. The lowest BCUT2D eigenvalue weighted by Crippen LogP contribution is -3.15. The number of carbonyl (C=O) groups is 1. The fourth-order valence-electron chi connectivity index (χ4n) is 3.25. The number of allylic oxidation sites excluding steroid dienone is 1. The molecule has 1 aromatic heterocycles. The lowest BCUT2D eigenvalue weighted by atomic mass is 10.2. The number of benzene rings is 1. The third-order valence-corrected chi connectivity index (χ3v) is 4.74. The number of carbonyl (C=O) groups excluding carboxylic acids is 1. The Hall–Kier alpha value is -2.85. The number of hydrogen-bond donors (Lipinski definition) is 2. The highest BCUT2D eigenvalue weighted by molar-refractivity contribution is 5.83. The van der Waals surface area contributed by atoms with E-state index in [0.29, 0.717) is 25.5 Å². The van der Waals surface area contributed by atoms with Crippen LogP contribution in [0.3, 0.4) is 0 Å². The number of aliphatic hydroxyl groups excluding tert-OH is 1. The summed E-state index contributed by atoms with van der Waals surface area (Å²) < 4.78 is 1.83. The lowest BCUT2D eigenvalue weighted by molar-refractivity contribution is -0.900. The number of aliphatic hydroxyl groups is 1. The Kier molecular flexibility index (Phi) is 4.72. The first-order valence-corrected chi connectivity index (χ1v) is 8.34. The maximum Gasteiger partial charge on any atom is 0.219 e. The molecule has 2 N–H and O–H groups in total. The molecule has 7 nitrogen and oxygen atoms in total. The van der Waals surface area contributed by atoms with E-state index in [1.54, 1.807) is 11.8 Å². The Morgan fingerprint density at radius 2 is 2.04 bits per heavy atom. The zero-order valence-electron chi connectivity index (χ0n) is 14.5. The molecule has 130 valence electrons. The van der Waals surface area contributed by atoms with Crippen molar-refractivity contribution in [2.45, 2.75) is 6.92 Å². The Bertz CT molecular complexity index is 869. The van der Waals surface area contributed by atoms with Crippen LogP contribution in [0.5, 0.6) is 0 Å². The topological polar surface area (TPSA) is 86.6 Å². The van der Waals surface area contributed by atoms with Gasteiger partial charge in [-0.3, -0.25) is 4.79 Å². The number of piperazine rings is 1. The molecule has 1 fully saturated rings. The molecule has 1 aliphatic rings. The van der Waals surface area contributed by atoms with Gasteiger partial charge in [0.2, 0.25) is 5.91 Å². The number of aromatic nitrogens is 2. The quantitative estimate of drug-likeness (QED) is 0.613. The molecule has 0 aliphatic carbocycles. The van der Waals surface area contributed by atoms with Crippen LogP contribution >= 0.6 is 0 Å². The number of nitriles is 1. The minimum atomic E-state index is 0.0483.